The smallest absolute Gasteiger partial charge is 0.324 e. The Labute approximate surface area is 106 Å². The first kappa shape index (κ1) is 12.5. The van der Waals surface area contributed by atoms with Gasteiger partial charge in [0, 0.05) is 5.75 Å². The van der Waals surface area contributed by atoms with E-state index in [2.05, 4.69) is 17.4 Å². The summed E-state index contributed by atoms with van der Waals surface area (Å²) in [5.74, 6) is 0.622. The zero-order chi connectivity index (χ0) is 12.3. The molecule has 92 valence electrons. The van der Waals surface area contributed by atoms with Crippen LogP contribution in [-0.2, 0) is 9.53 Å². The molecule has 0 saturated carbocycles. The first-order valence-corrected chi connectivity index (χ1v) is 6.85. The third-order valence-electron chi connectivity index (χ3n) is 2.52. The van der Waals surface area contributed by atoms with Crippen LogP contribution in [0, 0.1) is 0 Å². The summed E-state index contributed by atoms with van der Waals surface area (Å²) < 4.78 is 5.20. The summed E-state index contributed by atoms with van der Waals surface area (Å²) in [4.78, 5) is 11.7. The predicted octanol–water partition coefficient (Wildman–Crippen LogP) is 2.34. The molecule has 1 saturated heterocycles. The molecule has 1 fully saturated rings. The van der Waals surface area contributed by atoms with Crippen LogP contribution in [0.3, 0.4) is 0 Å². The van der Waals surface area contributed by atoms with Gasteiger partial charge in [-0.2, -0.15) is 0 Å². The lowest BCUT2D eigenvalue weighted by atomic mass is 10.2. The maximum Gasteiger partial charge on any atom is 0.324 e. The van der Waals surface area contributed by atoms with Crippen molar-refractivity contribution in [3.05, 3.63) is 35.9 Å². The highest BCUT2D eigenvalue weighted by atomic mass is 32.2. The first-order valence-electron chi connectivity index (χ1n) is 5.80. The fourth-order valence-corrected chi connectivity index (χ4v) is 2.97. The van der Waals surface area contributed by atoms with Crippen LogP contribution >= 0.6 is 11.8 Å². The number of hydrogen-bond acceptors (Lipinski definition) is 4. The first-order chi connectivity index (χ1) is 8.16. The van der Waals surface area contributed by atoms with Crippen LogP contribution in [0.25, 0.3) is 0 Å². The Hall–Kier alpha value is -1.00. The van der Waals surface area contributed by atoms with E-state index in [1.165, 1.54) is 5.56 Å². The van der Waals surface area contributed by atoms with Crippen molar-refractivity contribution in [1.82, 2.24) is 5.32 Å². The van der Waals surface area contributed by atoms with E-state index in [-0.39, 0.29) is 23.5 Å². The van der Waals surface area contributed by atoms with Crippen molar-refractivity contribution in [2.75, 3.05) is 5.75 Å². The molecule has 2 atom stereocenters. The molecule has 0 amide bonds. The fourth-order valence-electron chi connectivity index (χ4n) is 1.74. The topological polar surface area (TPSA) is 38.3 Å². The van der Waals surface area contributed by atoms with Gasteiger partial charge in [-0.05, 0) is 19.4 Å². The van der Waals surface area contributed by atoms with E-state index >= 15 is 0 Å². The Bertz CT molecular complexity index is 380. The lowest BCUT2D eigenvalue weighted by Gasteiger charge is -2.14. The molecule has 3 nitrogen and oxygen atoms in total. The van der Waals surface area contributed by atoms with Crippen LogP contribution in [0.4, 0.5) is 0 Å². The molecule has 1 N–H and O–H groups in total. The van der Waals surface area contributed by atoms with E-state index in [1.54, 1.807) is 11.8 Å². The third-order valence-corrected chi connectivity index (χ3v) is 3.79. The highest BCUT2D eigenvalue weighted by Crippen LogP contribution is 2.32. The highest BCUT2D eigenvalue weighted by molar-refractivity contribution is 7.99. The summed E-state index contributed by atoms with van der Waals surface area (Å²) in [6.07, 6.45) is -0.0509. The van der Waals surface area contributed by atoms with Gasteiger partial charge in [0.15, 0.2) is 0 Å². The number of nitrogens with one attached hydrogen (secondary N) is 1. The van der Waals surface area contributed by atoms with E-state index in [1.807, 2.05) is 32.0 Å². The Morgan fingerprint density at radius 1 is 1.41 bits per heavy atom. The number of carbonyl (C=O) groups is 1. The molecule has 2 rings (SSSR count). The second-order valence-electron chi connectivity index (χ2n) is 4.33. The SMILES string of the molecule is CC(C)OC(=O)[C@@H]1CS[C@@H](c2ccccc2)N1. The molecule has 0 unspecified atom stereocenters. The molecule has 1 aromatic rings. The number of thioether (sulfide) groups is 1. The molecule has 0 radical (unpaired) electrons. The number of ether oxygens (including phenoxy) is 1. The number of esters is 1. The van der Waals surface area contributed by atoms with Crippen LogP contribution in [0.1, 0.15) is 24.8 Å². The largest absolute Gasteiger partial charge is 0.462 e. The molecular weight excluding hydrogens is 234 g/mol. The normalized spacial score (nSPS) is 23.9. The fraction of sp³-hybridized carbons (Fsp3) is 0.462. The minimum Gasteiger partial charge on any atom is -0.462 e. The van der Waals surface area contributed by atoms with Gasteiger partial charge in [-0.3, -0.25) is 10.1 Å². The van der Waals surface area contributed by atoms with Gasteiger partial charge in [0.2, 0.25) is 0 Å². The molecule has 1 aliphatic heterocycles. The summed E-state index contributed by atoms with van der Waals surface area (Å²) in [5.41, 5.74) is 1.21. The molecule has 1 aromatic carbocycles. The van der Waals surface area contributed by atoms with Gasteiger partial charge in [0.25, 0.3) is 0 Å². The summed E-state index contributed by atoms with van der Waals surface area (Å²) >= 11 is 1.75. The van der Waals surface area contributed by atoms with Gasteiger partial charge < -0.3 is 4.74 Å². The standard InChI is InChI=1S/C13H17NO2S/c1-9(2)16-13(15)11-8-17-12(14-11)10-6-4-3-5-7-10/h3-7,9,11-12,14H,8H2,1-2H3/t11-,12-/m0/s1. The van der Waals surface area contributed by atoms with Crippen molar-refractivity contribution in [2.45, 2.75) is 31.4 Å². The summed E-state index contributed by atoms with van der Waals surface area (Å²) in [6.45, 7) is 3.74. The molecule has 1 heterocycles. The summed E-state index contributed by atoms with van der Waals surface area (Å²) in [7, 11) is 0. The van der Waals surface area contributed by atoms with E-state index in [0.29, 0.717) is 0 Å². The van der Waals surface area contributed by atoms with Gasteiger partial charge in [0.05, 0.1) is 11.5 Å². The van der Waals surface area contributed by atoms with Crippen molar-refractivity contribution in [1.29, 1.82) is 0 Å². The maximum absolute atomic E-state index is 11.7. The minimum atomic E-state index is -0.187. The zero-order valence-corrected chi connectivity index (χ0v) is 10.9. The highest BCUT2D eigenvalue weighted by Gasteiger charge is 2.31. The second-order valence-corrected chi connectivity index (χ2v) is 5.47. The van der Waals surface area contributed by atoms with Crippen molar-refractivity contribution < 1.29 is 9.53 Å². The van der Waals surface area contributed by atoms with E-state index < -0.39 is 0 Å². The minimum absolute atomic E-state index is 0.0509. The molecular formula is C13H17NO2S. The second kappa shape index (κ2) is 5.56. The van der Waals surface area contributed by atoms with Crippen LogP contribution in [-0.4, -0.2) is 23.9 Å². The average Bonchev–Trinajstić information content (AvgIpc) is 2.78. The average molecular weight is 251 g/mol. The van der Waals surface area contributed by atoms with E-state index in [4.69, 9.17) is 4.74 Å². The Kier molecular flexibility index (Phi) is 4.07. The Morgan fingerprint density at radius 3 is 2.76 bits per heavy atom. The zero-order valence-electron chi connectivity index (χ0n) is 10.1. The van der Waals surface area contributed by atoms with E-state index in [0.717, 1.165) is 5.75 Å². The van der Waals surface area contributed by atoms with Crippen molar-refractivity contribution in [2.24, 2.45) is 0 Å². The number of rotatable bonds is 3. The van der Waals surface area contributed by atoms with Gasteiger partial charge in [-0.25, -0.2) is 0 Å². The molecule has 0 aromatic heterocycles. The monoisotopic (exact) mass is 251 g/mol. The summed E-state index contributed by atoms with van der Waals surface area (Å²) in [5, 5.41) is 3.50. The van der Waals surface area contributed by atoms with Crippen molar-refractivity contribution in [3.63, 3.8) is 0 Å². The van der Waals surface area contributed by atoms with Crippen LogP contribution in [0.2, 0.25) is 0 Å². The van der Waals surface area contributed by atoms with Crippen LogP contribution in [0.15, 0.2) is 30.3 Å². The van der Waals surface area contributed by atoms with Crippen molar-refractivity contribution >= 4 is 17.7 Å². The number of carbonyl (C=O) groups excluding carboxylic acids is 1. The predicted molar refractivity (Wildman–Crippen MR) is 69.8 cm³/mol. The molecule has 0 bridgehead atoms. The van der Waals surface area contributed by atoms with Crippen LogP contribution < -0.4 is 5.32 Å². The summed E-state index contributed by atoms with van der Waals surface area (Å²) in [6, 6.07) is 9.97. The Balaban J connectivity index is 1.94. The molecule has 17 heavy (non-hydrogen) atoms. The van der Waals surface area contributed by atoms with Gasteiger partial charge in [-0.1, -0.05) is 30.3 Å². The Morgan fingerprint density at radius 2 is 2.12 bits per heavy atom. The van der Waals surface area contributed by atoms with Gasteiger partial charge in [0.1, 0.15) is 6.04 Å². The maximum atomic E-state index is 11.7. The molecule has 1 aliphatic rings. The molecule has 4 heteroatoms. The quantitative estimate of drug-likeness (QED) is 0.837. The molecule has 0 aliphatic carbocycles. The lowest BCUT2D eigenvalue weighted by Crippen LogP contribution is -2.36. The van der Waals surface area contributed by atoms with Gasteiger partial charge in [-0.15, -0.1) is 11.8 Å². The number of hydrogen-bond donors (Lipinski definition) is 1. The van der Waals surface area contributed by atoms with Crippen LogP contribution in [0.5, 0.6) is 0 Å². The third kappa shape index (κ3) is 3.23. The van der Waals surface area contributed by atoms with Crippen molar-refractivity contribution in [3.8, 4) is 0 Å². The van der Waals surface area contributed by atoms with Gasteiger partial charge >= 0.3 is 5.97 Å². The molecule has 0 spiro atoms. The lowest BCUT2D eigenvalue weighted by molar-refractivity contribution is -0.149. The van der Waals surface area contributed by atoms with E-state index in [9.17, 15) is 4.79 Å². The number of benzene rings is 1.